The molecule has 0 atom stereocenters. The highest BCUT2D eigenvalue weighted by Gasteiger charge is 2.37. The summed E-state index contributed by atoms with van der Waals surface area (Å²) in [7, 11) is 0. The van der Waals surface area contributed by atoms with E-state index in [1.54, 1.807) is 0 Å². The molecule has 0 spiro atoms. The lowest BCUT2D eigenvalue weighted by atomic mass is 9.85. The molecule has 0 unspecified atom stereocenters. The van der Waals surface area contributed by atoms with Crippen molar-refractivity contribution in [3.05, 3.63) is 28.8 Å². The van der Waals surface area contributed by atoms with Crippen molar-refractivity contribution in [2.45, 2.75) is 76.4 Å². The van der Waals surface area contributed by atoms with Crippen molar-refractivity contribution in [1.82, 2.24) is 4.90 Å². The number of carbonyl (C=O) groups is 2. The van der Waals surface area contributed by atoms with E-state index in [9.17, 15) is 9.59 Å². The fourth-order valence-electron chi connectivity index (χ4n) is 4.24. The van der Waals surface area contributed by atoms with Crippen molar-refractivity contribution in [2.75, 3.05) is 5.32 Å². The van der Waals surface area contributed by atoms with Gasteiger partial charge in [-0.15, -0.1) is 0 Å². The normalized spacial score (nSPS) is 25.1. The van der Waals surface area contributed by atoms with Crippen LogP contribution in [0.15, 0.2) is 18.2 Å². The van der Waals surface area contributed by atoms with Gasteiger partial charge in [0.1, 0.15) is 0 Å². The lowest BCUT2D eigenvalue weighted by Gasteiger charge is -2.36. The van der Waals surface area contributed by atoms with E-state index in [0.29, 0.717) is 11.6 Å². The van der Waals surface area contributed by atoms with Crippen LogP contribution in [0.3, 0.4) is 0 Å². The van der Waals surface area contributed by atoms with Crippen LogP contribution in [0.4, 0.5) is 5.69 Å². The molecule has 3 N–H and O–H groups in total. The Bertz CT molecular complexity index is 737. The summed E-state index contributed by atoms with van der Waals surface area (Å²) in [5, 5.41) is 3.66. The number of carbonyl (C=O) groups excluding carboxylic acids is 2. The van der Waals surface area contributed by atoms with E-state index >= 15 is 0 Å². The Morgan fingerprint density at radius 2 is 1.75 bits per heavy atom. The summed E-state index contributed by atoms with van der Waals surface area (Å²) in [5.74, 6) is 0.654. The van der Waals surface area contributed by atoms with Gasteiger partial charge in [-0.2, -0.15) is 0 Å². The molecular weight excluding hydrogens is 374 g/mol. The highest BCUT2D eigenvalue weighted by Crippen LogP contribution is 2.35. The maximum Gasteiger partial charge on any atom is 0.227 e. The summed E-state index contributed by atoms with van der Waals surface area (Å²) in [6, 6.07) is 6.08. The number of hydrogen-bond donors (Lipinski definition) is 2. The quantitative estimate of drug-likeness (QED) is 0.751. The molecule has 3 fully saturated rings. The van der Waals surface area contributed by atoms with Gasteiger partial charge >= 0.3 is 0 Å². The fraction of sp³-hybridized carbons (Fsp3) is 0.636. The third-order valence-corrected chi connectivity index (χ3v) is 6.89. The Kier molecular flexibility index (Phi) is 5.93. The largest absolute Gasteiger partial charge is 0.335 e. The molecule has 28 heavy (non-hydrogen) atoms. The van der Waals surface area contributed by atoms with Crippen LogP contribution in [0, 0.1) is 11.8 Å². The predicted octanol–water partition coefficient (Wildman–Crippen LogP) is 4.09. The van der Waals surface area contributed by atoms with E-state index in [0.717, 1.165) is 69.0 Å². The molecule has 0 heterocycles. The Morgan fingerprint density at radius 3 is 2.36 bits per heavy atom. The minimum atomic E-state index is 0.0895. The second-order valence-corrected chi connectivity index (χ2v) is 9.14. The van der Waals surface area contributed by atoms with E-state index in [-0.39, 0.29) is 35.7 Å². The molecule has 3 saturated carbocycles. The summed E-state index contributed by atoms with van der Waals surface area (Å²) in [4.78, 5) is 27.3. The maximum atomic E-state index is 13.0. The summed E-state index contributed by atoms with van der Waals surface area (Å²) < 4.78 is 0. The van der Waals surface area contributed by atoms with Crippen LogP contribution >= 0.6 is 11.6 Å². The van der Waals surface area contributed by atoms with Gasteiger partial charge in [0.15, 0.2) is 0 Å². The molecule has 0 bridgehead atoms. The van der Waals surface area contributed by atoms with Crippen LogP contribution in [-0.4, -0.2) is 28.8 Å². The molecule has 3 aliphatic rings. The van der Waals surface area contributed by atoms with Gasteiger partial charge < -0.3 is 16.0 Å². The Morgan fingerprint density at radius 1 is 1.04 bits per heavy atom. The van der Waals surface area contributed by atoms with Crippen molar-refractivity contribution in [2.24, 2.45) is 17.6 Å². The van der Waals surface area contributed by atoms with Gasteiger partial charge in [0.25, 0.3) is 0 Å². The molecular formula is C22H30ClN3O2. The molecule has 3 aliphatic carbocycles. The van der Waals surface area contributed by atoms with E-state index < -0.39 is 0 Å². The minimum Gasteiger partial charge on any atom is -0.335 e. The number of anilines is 1. The van der Waals surface area contributed by atoms with Gasteiger partial charge in [-0.05, 0) is 75.1 Å². The zero-order chi connectivity index (χ0) is 19.7. The molecule has 6 heteroatoms. The zero-order valence-electron chi connectivity index (χ0n) is 16.3. The van der Waals surface area contributed by atoms with E-state index in [2.05, 4.69) is 5.32 Å². The first-order valence-electron chi connectivity index (χ1n) is 10.7. The molecule has 1 aromatic carbocycles. The number of hydrogen-bond acceptors (Lipinski definition) is 3. The molecule has 152 valence electrons. The summed E-state index contributed by atoms with van der Waals surface area (Å²) in [6.45, 7) is 0.501. The van der Waals surface area contributed by atoms with E-state index in [4.69, 9.17) is 17.3 Å². The lowest BCUT2D eigenvalue weighted by molar-refractivity contribution is -0.136. The number of rotatable bonds is 6. The Hall–Kier alpha value is -1.59. The molecule has 1 aromatic rings. The van der Waals surface area contributed by atoms with Crippen molar-refractivity contribution < 1.29 is 9.59 Å². The van der Waals surface area contributed by atoms with Crippen LogP contribution in [0.25, 0.3) is 0 Å². The minimum absolute atomic E-state index is 0.0895. The molecule has 0 saturated heterocycles. The van der Waals surface area contributed by atoms with Gasteiger partial charge in [0.05, 0.1) is 0 Å². The van der Waals surface area contributed by atoms with Crippen LogP contribution in [-0.2, 0) is 16.1 Å². The average molecular weight is 404 g/mol. The smallest absolute Gasteiger partial charge is 0.227 e. The second-order valence-electron chi connectivity index (χ2n) is 8.73. The number of nitrogens with two attached hydrogens (primary N) is 1. The zero-order valence-corrected chi connectivity index (χ0v) is 17.1. The molecule has 0 radical (unpaired) electrons. The maximum absolute atomic E-state index is 13.0. The SMILES string of the molecule is NC1CCC(N(Cc2cc(NC(=O)C3CCC3)ccc2Cl)C(=O)C2CC2)CC1. The van der Waals surface area contributed by atoms with Crippen molar-refractivity contribution >= 4 is 29.1 Å². The molecule has 0 aromatic heterocycles. The predicted molar refractivity (Wildman–Crippen MR) is 111 cm³/mol. The number of halogens is 1. The summed E-state index contributed by atoms with van der Waals surface area (Å²) in [5.41, 5.74) is 7.73. The fourth-order valence-corrected chi connectivity index (χ4v) is 4.41. The van der Waals surface area contributed by atoms with Crippen LogP contribution in [0.2, 0.25) is 5.02 Å². The first kappa shape index (κ1) is 19.7. The first-order chi connectivity index (χ1) is 13.5. The molecule has 0 aliphatic heterocycles. The van der Waals surface area contributed by atoms with Gasteiger partial charge in [-0.1, -0.05) is 18.0 Å². The van der Waals surface area contributed by atoms with E-state index in [1.165, 1.54) is 0 Å². The van der Waals surface area contributed by atoms with Crippen LogP contribution in [0.1, 0.15) is 63.4 Å². The highest BCUT2D eigenvalue weighted by atomic mass is 35.5. The van der Waals surface area contributed by atoms with Gasteiger partial charge in [-0.25, -0.2) is 0 Å². The number of benzene rings is 1. The van der Waals surface area contributed by atoms with Crippen molar-refractivity contribution in [3.8, 4) is 0 Å². The second kappa shape index (κ2) is 8.42. The van der Waals surface area contributed by atoms with Gasteiger partial charge in [-0.3, -0.25) is 9.59 Å². The lowest BCUT2D eigenvalue weighted by Crippen LogP contribution is -2.44. The number of nitrogens with zero attached hydrogens (tertiary/aromatic N) is 1. The molecule has 5 nitrogen and oxygen atoms in total. The average Bonchev–Trinajstić information content (AvgIpc) is 3.46. The molecule has 2 amide bonds. The van der Waals surface area contributed by atoms with Gasteiger partial charge in [0.2, 0.25) is 11.8 Å². The summed E-state index contributed by atoms with van der Waals surface area (Å²) in [6.07, 6.45) is 8.89. The highest BCUT2D eigenvalue weighted by molar-refractivity contribution is 6.31. The van der Waals surface area contributed by atoms with Crippen molar-refractivity contribution in [3.63, 3.8) is 0 Å². The van der Waals surface area contributed by atoms with Gasteiger partial charge in [0, 0.05) is 41.2 Å². The first-order valence-corrected chi connectivity index (χ1v) is 11.0. The van der Waals surface area contributed by atoms with E-state index in [1.807, 2.05) is 23.1 Å². The summed E-state index contributed by atoms with van der Waals surface area (Å²) >= 11 is 6.47. The number of nitrogens with one attached hydrogen (secondary N) is 1. The standard InChI is InChI=1S/C22H30ClN3O2/c23-20-11-8-18(25-21(27)14-2-1-3-14)12-16(20)13-26(22(28)15-4-5-15)19-9-6-17(24)7-10-19/h8,11-12,14-15,17,19H,1-7,9-10,13,24H2,(H,25,27). The third kappa shape index (κ3) is 4.52. The van der Waals surface area contributed by atoms with Crippen LogP contribution in [0.5, 0.6) is 0 Å². The molecule has 4 rings (SSSR count). The monoisotopic (exact) mass is 403 g/mol. The topological polar surface area (TPSA) is 75.4 Å². The Balaban J connectivity index is 1.49. The number of amides is 2. The van der Waals surface area contributed by atoms with Crippen LogP contribution < -0.4 is 11.1 Å². The Labute approximate surface area is 172 Å². The van der Waals surface area contributed by atoms with Crippen molar-refractivity contribution in [1.29, 1.82) is 0 Å². The third-order valence-electron chi connectivity index (χ3n) is 6.52.